The summed E-state index contributed by atoms with van der Waals surface area (Å²) in [5.41, 5.74) is 5.78. The lowest BCUT2D eigenvalue weighted by atomic mass is 10.0. The largest absolute Gasteiger partial charge is 0.487 e. The molecule has 0 unspecified atom stereocenters. The first-order chi connectivity index (χ1) is 11.5. The molecule has 4 heteroatoms. The van der Waals surface area contributed by atoms with E-state index in [0.717, 1.165) is 36.6 Å². The maximum absolute atomic E-state index is 5.93. The minimum Gasteiger partial charge on any atom is -0.487 e. The van der Waals surface area contributed by atoms with E-state index >= 15 is 0 Å². The number of imidazole rings is 1. The SMILES string of the molecule is Cc1cccc2nc(CNCc3ccc4c(c3)CC(C)(C)O4)cn12. The molecule has 3 aromatic rings. The van der Waals surface area contributed by atoms with Crippen LogP contribution in [0.5, 0.6) is 5.75 Å². The topological polar surface area (TPSA) is 38.6 Å². The highest BCUT2D eigenvalue weighted by atomic mass is 16.5. The third-order valence-electron chi connectivity index (χ3n) is 4.51. The van der Waals surface area contributed by atoms with Crippen LogP contribution in [0.3, 0.4) is 0 Å². The molecule has 24 heavy (non-hydrogen) atoms. The van der Waals surface area contributed by atoms with E-state index in [2.05, 4.69) is 65.9 Å². The van der Waals surface area contributed by atoms with Gasteiger partial charge in [0.2, 0.25) is 0 Å². The van der Waals surface area contributed by atoms with Gasteiger partial charge in [-0.15, -0.1) is 0 Å². The van der Waals surface area contributed by atoms with E-state index in [4.69, 9.17) is 4.74 Å². The molecule has 0 saturated heterocycles. The van der Waals surface area contributed by atoms with Crippen molar-refractivity contribution in [2.45, 2.75) is 45.9 Å². The Morgan fingerprint density at radius 3 is 2.92 bits per heavy atom. The fraction of sp³-hybridized carbons (Fsp3) is 0.350. The second kappa shape index (κ2) is 5.64. The highest BCUT2D eigenvalue weighted by Gasteiger charge is 2.29. The molecule has 0 atom stereocenters. The molecule has 0 bridgehead atoms. The number of pyridine rings is 1. The Kier molecular flexibility index (Phi) is 3.57. The first-order valence-corrected chi connectivity index (χ1v) is 8.45. The lowest BCUT2D eigenvalue weighted by Gasteiger charge is -2.16. The van der Waals surface area contributed by atoms with E-state index in [0.29, 0.717) is 0 Å². The van der Waals surface area contributed by atoms with Gasteiger partial charge in [-0.1, -0.05) is 18.2 Å². The number of rotatable bonds is 4. The molecule has 1 aliphatic heterocycles. The van der Waals surface area contributed by atoms with Gasteiger partial charge in [0.15, 0.2) is 0 Å². The van der Waals surface area contributed by atoms with Crippen LogP contribution in [0.2, 0.25) is 0 Å². The number of nitrogens with zero attached hydrogens (tertiary/aromatic N) is 2. The summed E-state index contributed by atoms with van der Waals surface area (Å²) in [4.78, 5) is 4.66. The number of aromatic nitrogens is 2. The highest BCUT2D eigenvalue weighted by Crippen LogP contribution is 2.35. The van der Waals surface area contributed by atoms with Gasteiger partial charge in [-0.3, -0.25) is 0 Å². The van der Waals surface area contributed by atoms with Gasteiger partial charge in [0.1, 0.15) is 17.0 Å². The van der Waals surface area contributed by atoms with Crippen molar-refractivity contribution < 1.29 is 4.74 Å². The molecular weight excluding hydrogens is 298 g/mol. The Bertz CT molecular complexity index is 895. The number of hydrogen-bond donors (Lipinski definition) is 1. The van der Waals surface area contributed by atoms with Gasteiger partial charge >= 0.3 is 0 Å². The predicted molar refractivity (Wildman–Crippen MR) is 95.3 cm³/mol. The van der Waals surface area contributed by atoms with Crippen molar-refractivity contribution in [3.8, 4) is 5.75 Å². The van der Waals surface area contributed by atoms with Crippen molar-refractivity contribution in [1.29, 1.82) is 0 Å². The molecule has 4 rings (SSSR count). The van der Waals surface area contributed by atoms with E-state index in [-0.39, 0.29) is 5.60 Å². The normalized spacial score (nSPS) is 15.5. The molecule has 0 spiro atoms. The highest BCUT2D eigenvalue weighted by molar-refractivity contribution is 5.42. The second-order valence-electron chi connectivity index (χ2n) is 7.21. The van der Waals surface area contributed by atoms with Gasteiger partial charge in [0.25, 0.3) is 0 Å². The summed E-state index contributed by atoms with van der Waals surface area (Å²) in [6.45, 7) is 7.97. The van der Waals surface area contributed by atoms with Crippen molar-refractivity contribution in [3.63, 3.8) is 0 Å². The van der Waals surface area contributed by atoms with Crippen LogP contribution in [-0.2, 0) is 19.5 Å². The summed E-state index contributed by atoms with van der Waals surface area (Å²) >= 11 is 0. The average molecular weight is 321 g/mol. The molecule has 0 aliphatic carbocycles. The first kappa shape index (κ1) is 15.2. The average Bonchev–Trinajstić information content (AvgIpc) is 3.06. The van der Waals surface area contributed by atoms with Crippen LogP contribution < -0.4 is 10.1 Å². The molecule has 0 amide bonds. The van der Waals surface area contributed by atoms with Gasteiger partial charge < -0.3 is 14.5 Å². The molecule has 0 radical (unpaired) electrons. The molecule has 1 aliphatic rings. The van der Waals surface area contributed by atoms with Crippen molar-refractivity contribution in [2.75, 3.05) is 0 Å². The van der Waals surface area contributed by atoms with Crippen LogP contribution >= 0.6 is 0 Å². The molecule has 0 saturated carbocycles. The maximum Gasteiger partial charge on any atom is 0.137 e. The predicted octanol–water partition coefficient (Wildman–Crippen LogP) is 3.65. The number of fused-ring (bicyclic) bond motifs is 2. The summed E-state index contributed by atoms with van der Waals surface area (Å²) in [7, 11) is 0. The Morgan fingerprint density at radius 2 is 2.08 bits per heavy atom. The zero-order valence-electron chi connectivity index (χ0n) is 14.5. The number of ether oxygens (including phenoxy) is 1. The molecular formula is C20H23N3O. The molecule has 2 aromatic heterocycles. The number of benzene rings is 1. The van der Waals surface area contributed by atoms with Crippen LogP contribution in [0.1, 0.15) is 36.4 Å². The van der Waals surface area contributed by atoms with Gasteiger partial charge in [-0.25, -0.2) is 4.98 Å². The summed E-state index contributed by atoms with van der Waals surface area (Å²) in [6, 6.07) is 12.7. The molecule has 3 heterocycles. The Hall–Kier alpha value is -2.33. The molecule has 1 N–H and O–H groups in total. The van der Waals surface area contributed by atoms with Crippen molar-refractivity contribution in [3.05, 3.63) is 65.1 Å². The third-order valence-corrected chi connectivity index (χ3v) is 4.51. The molecule has 1 aromatic carbocycles. The smallest absolute Gasteiger partial charge is 0.137 e. The van der Waals surface area contributed by atoms with Crippen molar-refractivity contribution in [1.82, 2.24) is 14.7 Å². The quantitative estimate of drug-likeness (QED) is 0.797. The van der Waals surface area contributed by atoms with E-state index in [9.17, 15) is 0 Å². The summed E-state index contributed by atoms with van der Waals surface area (Å²) < 4.78 is 8.07. The fourth-order valence-electron chi connectivity index (χ4n) is 3.39. The lowest BCUT2D eigenvalue weighted by molar-refractivity contribution is 0.138. The number of nitrogens with one attached hydrogen (secondary N) is 1. The Labute approximate surface area is 142 Å². The van der Waals surface area contributed by atoms with Crippen molar-refractivity contribution >= 4 is 5.65 Å². The Morgan fingerprint density at radius 1 is 1.21 bits per heavy atom. The monoisotopic (exact) mass is 321 g/mol. The number of aryl methyl sites for hydroxylation is 1. The van der Waals surface area contributed by atoms with E-state index in [1.54, 1.807) is 0 Å². The summed E-state index contributed by atoms with van der Waals surface area (Å²) in [5, 5.41) is 3.49. The van der Waals surface area contributed by atoms with E-state index in [1.165, 1.54) is 16.8 Å². The van der Waals surface area contributed by atoms with Crippen molar-refractivity contribution in [2.24, 2.45) is 0 Å². The number of hydrogen-bond acceptors (Lipinski definition) is 3. The van der Waals surface area contributed by atoms with Crippen LogP contribution in [0.15, 0.2) is 42.6 Å². The zero-order chi connectivity index (χ0) is 16.7. The fourth-order valence-corrected chi connectivity index (χ4v) is 3.39. The standard InChI is InChI=1S/C20H23N3O/c1-14-5-4-6-19-22-17(13-23(14)19)12-21-11-15-7-8-18-16(9-15)10-20(2,3)24-18/h4-9,13,21H,10-12H2,1-3H3. The summed E-state index contributed by atoms with van der Waals surface area (Å²) in [6.07, 6.45) is 3.08. The minimum atomic E-state index is -0.0806. The van der Waals surface area contributed by atoms with Crippen LogP contribution in [0, 0.1) is 6.92 Å². The second-order valence-corrected chi connectivity index (χ2v) is 7.21. The minimum absolute atomic E-state index is 0.0806. The van der Waals surface area contributed by atoms with Crippen LogP contribution in [0.4, 0.5) is 0 Å². The van der Waals surface area contributed by atoms with Gasteiger partial charge in [-0.05, 0) is 50.1 Å². The summed E-state index contributed by atoms with van der Waals surface area (Å²) in [5.74, 6) is 1.03. The first-order valence-electron chi connectivity index (χ1n) is 8.45. The zero-order valence-corrected chi connectivity index (χ0v) is 14.5. The van der Waals surface area contributed by atoms with Crippen LogP contribution in [-0.4, -0.2) is 15.0 Å². The van der Waals surface area contributed by atoms with Gasteiger partial charge in [-0.2, -0.15) is 0 Å². The lowest BCUT2D eigenvalue weighted by Crippen LogP contribution is -2.24. The van der Waals surface area contributed by atoms with Crippen LogP contribution in [0.25, 0.3) is 5.65 Å². The van der Waals surface area contributed by atoms with E-state index in [1.807, 2.05) is 12.1 Å². The molecule has 0 fully saturated rings. The Balaban J connectivity index is 1.41. The maximum atomic E-state index is 5.93. The third kappa shape index (κ3) is 2.89. The van der Waals surface area contributed by atoms with Gasteiger partial charge in [0.05, 0.1) is 5.69 Å². The van der Waals surface area contributed by atoms with Gasteiger partial charge in [0, 0.05) is 31.4 Å². The van der Waals surface area contributed by atoms with E-state index < -0.39 is 0 Å². The molecule has 124 valence electrons. The molecule has 4 nitrogen and oxygen atoms in total.